The van der Waals surface area contributed by atoms with Gasteiger partial charge in [-0.25, -0.2) is 9.36 Å². The Bertz CT molecular complexity index is 1340. The van der Waals surface area contributed by atoms with Crippen LogP contribution in [-0.4, -0.2) is 37.3 Å². The number of carbonyl (C=O) groups excluding carboxylic acids is 2. The number of ether oxygens (including phenoxy) is 2. The van der Waals surface area contributed by atoms with Gasteiger partial charge in [0.2, 0.25) is 5.91 Å². The van der Waals surface area contributed by atoms with Crippen molar-refractivity contribution in [1.82, 2.24) is 9.88 Å². The average molecular weight is 455 g/mol. The number of nitrogens with one attached hydrogen (secondary N) is 1. The first-order valence-corrected chi connectivity index (χ1v) is 11.0. The normalized spacial score (nSPS) is 11.0. The molecule has 0 aliphatic rings. The van der Waals surface area contributed by atoms with Gasteiger partial charge in [-0.1, -0.05) is 66.7 Å². The summed E-state index contributed by atoms with van der Waals surface area (Å²) in [6, 6.07) is 23.9. The molecule has 1 heterocycles. The van der Waals surface area contributed by atoms with E-state index in [0.29, 0.717) is 29.8 Å². The molecular formula is C28H26N2O4. The zero-order valence-corrected chi connectivity index (χ0v) is 19.2. The Morgan fingerprint density at radius 3 is 2.47 bits per heavy atom. The fourth-order valence-electron chi connectivity index (χ4n) is 4.00. The van der Waals surface area contributed by atoms with Crippen molar-refractivity contribution in [2.45, 2.75) is 6.42 Å². The molecule has 3 aromatic carbocycles. The van der Waals surface area contributed by atoms with Crippen LogP contribution in [0, 0.1) is 0 Å². The lowest BCUT2D eigenvalue weighted by molar-refractivity contribution is -0.116. The van der Waals surface area contributed by atoms with E-state index in [9.17, 15) is 9.59 Å². The fourth-order valence-corrected chi connectivity index (χ4v) is 4.00. The molecule has 0 aliphatic carbocycles. The minimum Gasteiger partial charge on any atom is -0.495 e. The van der Waals surface area contributed by atoms with Crippen molar-refractivity contribution in [3.63, 3.8) is 0 Å². The van der Waals surface area contributed by atoms with Gasteiger partial charge in [-0.05, 0) is 35.3 Å². The van der Waals surface area contributed by atoms with E-state index in [0.717, 1.165) is 16.5 Å². The summed E-state index contributed by atoms with van der Waals surface area (Å²) in [5.41, 5.74) is 4.80. The van der Waals surface area contributed by atoms with Crippen molar-refractivity contribution in [3.05, 3.63) is 96.2 Å². The monoisotopic (exact) mass is 454 g/mol. The number of amides is 1. The number of benzene rings is 3. The minimum atomic E-state index is -0.532. The van der Waals surface area contributed by atoms with E-state index in [1.807, 2.05) is 42.5 Å². The topological polar surface area (TPSA) is 69.6 Å². The van der Waals surface area contributed by atoms with E-state index >= 15 is 0 Å². The van der Waals surface area contributed by atoms with Crippen LogP contribution in [0.25, 0.3) is 28.1 Å². The molecule has 1 amide bonds. The largest absolute Gasteiger partial charge is 0.495 e. The third-order valence-electron chi connectivity index (χ3n) is 5.62. The summed E-state index contributed by atoms with van der Waals surface area (Å²) in [5, 5.41) is 3.73. The van der Waals surface area contributed by atoms with Gasteiger partial charge in [-0.15, -0.1) is 0 Å². The predicted octanol–water partition coefficient (Wildman–Crippen LogP) is 5.30. The summed E-state index contributed by atoms with van der Waals surface area (Å²) in [6.45, 7) is 0.505. The standard InChI is InChI=1S/C28H26N2O4/c1-33-25-14-8-13-24-22(19-30(27(24)25)28(32)34-2)15-16-26(31)29-18-17-21-11-6-7-12-23(21)20-9-4-3-5-10-20/h3-16,19H,17-18H2,1-2H3,(H,29,31)/b16-15+. The third kappa shape index (κ3) is 4.86. The lowest BCUT2D eigenvalue weighted by atomic mass is 9.98. The summed E-state index contributed by atoms with van der Waals surface area (Å²) in [5.74, 6) is 0.336. The second-order valence-electron chi connectivity index (χ2n) is 7.68. The molecular weight excluding hydrogens is 428 g/mol. The molecule has 0 radical (unpaired) electrons. The van der Waals surface area contributed by atoms with Crippen molar-refractivity contribution >= 4 is 29.0 Å². The first-order valence-electron chi connectivity index (χ1n) is 11.0. The lowest BCUT2D eigenvalue weighted by Gasteiger charge is -2.10. The van der Waals surface area contributed by atoms with Gasteiger partial charge in [0.25, 0.3) is 0 Å². The number of hydrogen-bond donors (Lipinski definition) is 1. The highest BCUT2D eigenvalue weighted by atomic mass is 16.5. The number of hydrogen-bond acceptors (Lipinski definition) is 4. The highest BCUT2D eigenvalue weighted by Gasteiger charge is 2.16. The molecule has 0 bridgehead atoms. The Hall–Kier alpha value is -4.32. The van der Waals surface area contributed by atoms with E-state index in [1.54, 1.807) is 25.4 Å². The Morgan fingerprint density at radius 2 is 1.71 bits per heavy atom. The molecule has 6 nitrogen and oxygen atoms in total. The van der Waals surface area contributed by atoms with Crippen molar-refractivity contribution in [2.24, 2.45) is 0 Å². The molecule has 0 atom stereocenters. The van der Waals surface area contributed by atoms with Gasteiger partial charge in [0.1, 0.15) is 11.3 Å². The molecule has 6 heteroatoms. The van der Waals surface area contributed by atoms with Gasteiger partial charge in [-0.3, -0.25) is 4.79 Å². The SMILES string of the molecule is COC(=O)n1cc(/C=C/C(=O)NCCc2ccccc2-c2ccccc2)c2cccc(OC)c21. The number of carbonyl (C=O) groups is 2. The Kier molecular flexibility index (Phi) is 7.08. The number of fused-ring (bicyclic) bond motifs is 1. The number of rotatable bonds is 7. The molecule has 0 aliphatic heterocycles. The number of aromatic nitrogens is 1. The Labute approximate surface area is 198 Å². The predicted molar refractivity (Wildman–Crippen MR) is 134 cm³/mol. The Balaban J connectivity index is 1.46. The van der Waals surface area contributed by atoms with E-state index in [1.165, 1.54) is 23.3 Å². The van der Waals surface area contributed by atoms with Crippen LogP contribution >= 0.6 is 0 Å². The van der Waals surface area contributed by atoms with Crippen LogP contribution in [0.4, 0.5) is 4.79 Å². The van der Waals surface area contributed by atoms with Crippen LogP contribution in [-0.2, 0) is 16.0 Å². The van der Waals surface area contributed by atoms with E-state index in [2.05, 4.69) is 29.6 Å². The number of nitrogens with zero attached hydrogens (tertiary/aromatic N) is 1. The van der Waals surface area contributed by atoms with Crippen LogP contribution < -0.4 is 10.1 Å². The molecule has 0 saturated heterocycles. The minimum absolute atomic E-state index is 0.209. The van der Waals surface area contributed by atoms with E-state index < -0.39 is 6.09 Å². The van der Waals surface area contributed by atoms with Gasteiger partial charge >= 0.3 is 6.09 Å². The quantitative estimate of drug-likeness (QED) is 0.385. The zero-order chi connectivity index (χ0) is 23.9. The van der Waals surface area contributed by atoms with Gasteiger partial charge in [0.05, 0.1) is 14.2 Å². The first-order chi connectivity index (χ1) is 16.6. The molecule has 0 unspecified atom stereocenters. The van der Waals surface area contributed by atoms with E-state index in [-0.39, 0.29) is 5.91 Å². The van der Waals surface area contributed by atoms with Crippen LogP contribution in [0.15, 0.2) is 85.1 Å². The molecule has 172 valence electrons. The Morgan fingerprint density at radius 1 is 0.941 bits per heavy atom. The fraction of sp³-hybridized carbons (Fsp3) is 0.143. The van der Waals surface area contributed by atoms with Crippen molar-refractivity contribution in [2.75, 3.05) is 20.8 Å². The van der Waals surface area contributed by atoms with Gasteiger partial charge in [0, 0.05) is 29.8 Å². The molecule has 1 aromatic heterocycles. The zero-order valence-electron chi connectivity index (χ0n) is 19.2. The van der Waals surface area contributed by atoms with Crippen LogP contribution in [0.2, 0.25) is 0 Å². The van der Waals surface area contributed by atoms with Crippen LogP contribution in [0.5, 0.6) is 5.75 Å². The summed E-state index contributed by atoms with van der Waals surface area (Å²) < 4.78 is 11.7. The van der Waals surface area contributed by atoms with Crippen molar-refractivity contribution in [3.8, 4) is 16.9 Å². The van der Waals surface area contributed by atoms with Crippen molar-refractivity contribution in [1.29, 1.82) is 0 Å². The van der Waals surface area contributed by atoms with Crippen LogP contribution in [0.1, 0.15) is 11.1 Å². The van der Waals surface area contributed by atoms with Gasteiger partial charge in [0.15, 0.2) is 0 Å². The maximum absolute atomic E-state index is 12.5. The third-order valence-corrected chi connectivity index (χ3v) is 5.62. The van der Waals surface area contributed by atoms with Gasteiger partial charge in [-0.2, -0.15) is 0 Å². The molecule has 4 aromatic rings. The summed E-state index contributed by atoms with van der Waals surface area (Å²) in [6.07, 6.45) is 4.98. The maximum Gasteiger partial charge on any atom is 0.418 e. The van der Waals surface area contributed by atoms with E-state index in [4.69, 9.17) is 9.47 Å². The average Bonchev–Trinajstić information content (AvgIpc) is 3.27. The molecule has 0 saturated carbocycles. The lowest BCUT2D eigenvalue weighted by Crippen LogP contribution is -2.23. The highest BCUT2D eigenvalue weighted by molar-refractivity contribution is 6.01. The summed E-state index contributed by atoms with van der Waals surface area (Å²) >= 11 is 0. The smallest absolute Gasteiger partial charge is 0.418 e. The molecule has 4 rings (SSSR count). The maximum atomic E-state index is 12.5. The molecule has 0 spiro atoms. The number of methoxy groups -OCH3 is 2. The first kappa shape index (κ1) is 22.9. The second kappa shape index (κ2) is 10.5. The molecule has 1 N–H and O–H groups in total. The van der Waals surface area contributed by atoms with Crippen molar-refractivity contribution < 1.29 is 19.1 Å². The van der Waals surface area contributed by atoms with Crippen LogP contribution in [0.3, 0.4) is 0 Å². The van der Waals surface area contributed by atoms with Gasteiger partial charge < -0.3 is 14.8 Å². The molecule has 34 heavy (non-hydrogen) atoms. The molecule has 0 fully saturated rings. The summed E-state index contributed by atoms with van der Waals surface area (Å²) in [7, 11) is 2.87. The summed E-state index contributed by atoms with van der Waals surface area (Å²) in [4.78, 5) is 24.7. The second-order valence-corrected chi connectivity index (χ2v) is 7.68. The highest BCUT2D eigenvalue weighted by Crippen LogP contribution is 2.30. The number of para-hydroxylation sites is 1.